The van der Waals surface area contributed by atoms with Crippen molar-refractivity contribution in [3.05, 3.63) is 58.0 Å². The van der Waals surface area contributed by atoms with Gasteiger partial charge < -0.3 is 20.5 Å². The monoisotopic (exact) mass is 533 g/mol. The number of aryl methyl sites for hydroxylation is 1. The summed E-state index contributed by atoms with van der Waals surface area (Å²) in [6, 6.07) is 9.90. The molecule has 4 atom stereocenters. The maximum Gasteiger partial charge on any atom is 0.145 e. The molecule has 1 aromatic carbocycles. The minimum atomic E-state index is -0.940. The second-order valence-electron chi connectivity index (χ2n) is 8.26. The van der Waals surface area contributed by atoms with E-state index in [-0.39, 0.29) is 5.37 Å². The first-order chi connectivity index (χ1) is 15.3. The van der Waals surface area contributed by atoms with E-state index < -0.39 is 17.0 Å². The van der Waals surface area contributed by atoms with E-state index in [0.29, 0.717) is 23.0 Å². The third-order valence-electron chi connectivity index (χ3n) is 6.14. The lowest BCUT2D eigenvalue weighted by Crippen LogP contribution is -2.39. The second kappa shape index (κ2) is 8.14. The fourth-order valence-electron chi connectivity index (χ4n) is 4.26. The van der Waals surface area contributed by atoms with Crippen molar-refractivity contribution in [2.24, 2.45) is 0 Å². The molecule has 4 N–H and O–H groups in total. The Morgan fingerprint density at radius 2 is 2.06 bits per heavy atom. The van der Waals surface area contributed by atoms with Crippen molar-refractivity contribution in [1.29, 1.82) is 0 Å². The molecule has 32 heavy (non-hydrogen) atoms. The third-order valence-corrected chi connectivity index (χ3v) is 8.81. The van der Waals surface area contributed by atoms with Crippen LogP contribution in [-0.4, -0.2) is 46.7 Å². The Hall–Kier alpha value is -1.91. The van der Waals surface area contributed by atoms with Gasteiger partial charge in [0.25, 0.3) is 0 Å². The van der Waals surface area contributed by atoms with Crippen LogP contribution in [0.2, 0.25) is 5.15 Å². The Kier molecular flexibility index (Phi) is 5.58. The number of hydrogen-bond donors (Lipinski definition) is 3. The van der Waals surface area contributed by atoms with Crippen LogP contribution < -0.4 is 5.73 Å². The number of hydrogen-bond acceptors (Lipinski definition) is 7. The average molecular weight is 535 g/mol. The van der Waals surface area contributed by atoms with Gasteiger partial charge in [-0.15, -0.1) is 11.8 Å². The van der Waals surface area contributed by atoms with Gasteiger partial charge in [-0.25, -0.2) is 15.0 Å². The van der Waals surface area contributed by atoms with Crippen LogP contribution >= 0.6 is 39.3 Å². The number of nitrogens with two attached hydrogens (primary N) is 1. The molecule has 0 spiro atoms. The summed E-state index contributed by atoms with van der Waals surface area (Å²) >= 11 is 11.1. The Morgan fingerprint density at radius 1 is 1.25 bits per heavy atom. The predicted octanol–water partition coefficient (Wildman–Crippen LogP) is 4.34. The van der Waals surface area contributed by atoms with Gasteiger partial charge in [-0.3, -0.25) is 0 Å². The van der Waals surface area contributed by atoms with Gasteiger partial charge >= 0.3 is 0 Å². The van der Waals surface area contributed by atoms with Gasteiger partial charge in [-0.1, -0.05) is 23.7 Å². The molecule has 1 aliphatic heterocycles. The number of pyridine rings is 1. The Morgan fingerprint density at radius 3 is 2.88 bits per heavy atom. The quantitative estimate of drug-likeness (QED) is 0.334. The van der Waals surface area contributed by atoms with E-state index in [1.165, 1.54) is 6.33 Å². The zero-order chi connectivity index (χ0) is 22.6. The van der Waals surface area contributed by atoms with E-state index in [0.717, 1.165) is 32.7 Å². The average Bonchev–Trinajstić information content (AvgIpc) is 3.29. The van der Waals surface area contributed by atoms with Crippen molar-refractivity contribution in [1.82, 2.24) is 19.5 Å². The number of halogens is 2. The van der Waals surface area contributed by atoms with Crippen LogP contribution in [0.25, 0.3) is 21.9 Å². The third kappa shape index (κ3) is 3.66. The van der Waals surface area contributed by atoms with Crippen molar-refractivity contribution in [3.63, 3.8) is 0 Å². The maximum atomic E-state index is 11.0. The lowest BCUT2D eigenvalue weighted by atomic mass is 9.92. The molecule has 0 saturated carbocycles. The van der Waals surface area contributed by atoms with Gasteiger partial charge in [-0.05, 0) is 59.5 Å². The van der Waals surface area contributed by atoms with E-state index in [1.54, 1.807) is 11.8 Å². The zero-order valence-electron chi connectivity index (χ0n) is 17.1. The van der Waals surface area contributed by atoms with Crippen molar-refractivity contribution in [3.8, 4) is 0 Å². The van der Waals surface area contributed by atoms with Crippen LogP contribution in [-0.2, 0) is 6.42 Å². The van der Waals surface area contributed by atoms with Gasteiger partial charge in [-0.2, -0.15) is 0 Å². The summed E-state index contributed by atoms with van der Waals surface area (Å²) in [5.41, 5.74) is 8.51. The Bertz CT molecular complexity index is 1330. The molecule has 0 radical (unpaired) electrons. The van der Waals surface area contributed by atoms with E-state index in [4.69, 9.17) is 17.3 Å². The number of nitrogens with zero attached hydrogens (tertiary/aromatic N) is 4. The van der Waals surface area contributed by atoms with Gasteiger partial charge in [0.1, 0.15) is 34.4 Å². The molecule has 10 heteroatoms. The van der Waals surface area contributed by atoms with Crippen molar-refractivity contribution >= 4 is 67.0 Å². The molecule has 4 heterocycles. The number of aliphatic hydroxyl groups excluding tert-OH is 2. The summed E-state index contributed by atoms with van der Waals surface area (Å²) in [7, 11) is 0. The molecule has 0 aliphatic carbocycles. The van der Waals surface area contributed by atoms with E-state index >= 15 is 0 Å². The predicted molar refractivity (Wildman–Crippen MR) is 132 cm³/mol. The van der Waals surface area contributed by atoms with Crippen molar-refractivity contribution in [2.75, 3.05) is 5.73 Å². The van der Waals surface area contributed by atoms with E-state index in [9.17, 15) is 10.2 Å². The number of benzene rings is 1. The number of fused-ring (bicyclic) bond motifs is 2. The number of nitrogen functional groups attached to an aromatic ring is 1. The number of aromatic nitrogens is 4. The van der Waals surface area contributed by atoms with E-state index in [2.05, 4.69) is 36.9 Å². The van der Waals surface area contributed by atoms with Gasteiger partial charge in [0.05, 0.1) is 21.5 Å². The van der Waals surface area contributed by atoms with Gasteiger partial charge in [0, 0.05) is 16.3 Å². The van der Waals surface area contributed by atoms with Crippen LogP contribution in [0.3, 0.4) is 0 Å². The van der Waals surface area contributed by atoms with Crippen molar-refractivity contribution < 1.29 is 10.2 Å². The topological polar surface area (TPSA) is 110 Å². The van der Waals surface area contributed by atoms with Gasteiger partial charge in [0.2, 0.25) is 0 Å². The van der Waals surface area contributed by atoms with Crippen molar-refractivity contribution in [2.45, 2.75) is 42.1 Å². The first-order valence-corrected chi connectivity index (χ1v) is 12.2. The van der Waals surface area contributed by atoms with Crippen LogP contribution in [0.15, 0.2) is 47.3 Å². The Balaban J connectivity index is 1.38. The molecule has 4 aromatic rings. The zero-order valence-corrected chi connectivity index (χ0v) is 20.3. The summed E-state index contributed by atoms with van der Waals surface area (Å²) in [6.07, 6.45) is 2.82. The highest BCUT2D eigenvalue weighted by Crippen LogP contribution is 2.52. The molecule has 3 aromatic heterocycles. The largest absolute Gasteiger partial charge is 0.389 e. The number of thioether (sulfide) groups is 1. The summed E-state index contributed by atoms with van der Waals surface area (Å²) < 4.78 is 2.10. The molecule has 1 fully saturated rings. The fourth-order valence-corrected chi connectivity index (χ4v) is 6.40. The fraction of sp³-hybridized carbons (Fsp3) is 0.318. The molecule has 166 valence electrons. The molecule has 7 nitrogen and oxygen atoms in total. The standard InChI is InChI=1S/C22H21BrClN5O2S/c1-22(6-4-11-2-3-12-9-14(23)19(25)28-15(12)8-11)17(31)16(30)21(32-22)29-7-5-13-18(24)26-10-27-20(13)29/h2-3,5,7-10,16-17,21,30-31H,4,6H2,1H3,(H2,25,28). The smallest absolute Gasteiger partial charge is 0.145 e. The molecule has 1 aliphatic rings. The number of aliphatic hydroxyl groups is 2. The van der Waals surface area contributed by atoms with E-state index in [1.807, 2.05) is 42.0 Å². The molecule has 4 unspecified atom stereocenters. The highest BCUT2D eigenvalue weighted by atomic mass is 79.9. The van der Waals surface area contributed by atoms with Crippen LogP contribution in [0.1, 0.15) is 24.3 Å². The summed E-state index contributed by atoms with van der Waals surface area (Å²) in [6.45, 7) is 1.99. The lowest BCUT2D eigenvalue weighted by Gasteiger charge is -2.27. The summed E-state index contributed by atoms with van der Waals surface area (Å²) in [5.74, 6) is 0.456. The molecule has 0 amide bonds. The molecule has 0 bridgehead atoms. The molecule has 5 rings (SSSR count). The normalized spacial score (nSPS) is 25.7. The first-order valence-electron chi connectivity index (χ1n) is 10.1. The van der Waals surface area contributed by atoms with Crippen LogP contribution in [0.4, 0.5) is 5.82 Å². The summed E-state index contributed by atoms with van der Waals surface area (Å²) in [5, 5.41) is 23.6. The number of anilines is 1. The molecular formula is C22H21BrClN5O2S. The van der Waals surface area contributed by atoms with Gasteiger partial charge in [0.15, 0.2) is 0 Å². The summed E-state index contributed by atoms with van der Waals surface area (Å²) in [4.78, 5) is 12.8. The minimum Gasteiger partial charge on any atom is -0.389 e. The SMILES string of the molecule is CC1(CCc2ccc3cc(Br)c(N)nc3c2)SC(n2ccc3c(Cl)ncnc32)C(O)C1O. The highest BCUT2D eigenvalue weighted by molar-refractivity contribution is 9.10. The lowest BCUT2D eigenvalue weighted by molar-refractivity contribution is 0.000372. The number of rotatable bonds is 4. The molecule has 1 saturated heterocycles. The highest BCUT2D eigenvalue weighted by Gasteiger charge is 2.51. The van der Waals surface area contributed by atoms with Crippen LogP contribution in [0.5, 0.6) is 0 Å². The molecular weight excluding hydrogens is 514 g/mol. The minimum absolute atomic E-state index is 0.368. The Labute approximate surface area is 202 Å². The maximum absolute atomic E-state index is 11.0. The second-order valence-corrected chi connectivity index (χ2v) is 11.1. The van der Waals surface area contributed by atoms with Crippen LogP contribution in [0, 0.1) is 0 Å². The first kappa shape index (κ1) is 21.9.